The molecule has 1 heterocycles. The van der Waals surface area contributed by atoms with Gasteiger partial charge in [-0.2, -0.15) is 0 Å². The number of allylic oxidation sites excluding steroid dienone is 9. The first-order chi connectivity index (χ1) is 30.0. The molecule has 1 atom stereocenters. The van der Waals surface area contributed by atoms with Gasteiger partial charge >= 0.3 is 0 Å². The third kappa shape index (κ3) is 6.12. The van der Waals surface area contributed by atoms with E-state index < -0.39 is 0 Å². The Hall–Kier alpha value is -6.74. The van der Waals surface area contributed by atoms with E-state index in [1.807, 2.05) is 11.3 Å². The smallest absolute Gasteiger partial charge is 0.0637 e. The minimum Gasteiger partial charge on any atom is -0.313 e. The summed E-state index contributed by atoms with van der Waals surface area (Å²) in [7, 11) is 0. The predicted molar refractivity (Wildman–Crippen MR) is 264 cm³/mol. The molecule has 11 rings (SSSR count). The Morgan fingerprint density at radius 2 is 1.43 bits per heavy atom. The number of benzene rings is 7. The largest absolute Gasteiger partial charge is 0.313 e. The third-order valence-electron chi connectivity index (χ3n) is 13.5. The minimum absolute atomic E-state index is 0.328. The van der Waals surface area contributed by atoms with E-state index in [0.29, 0.717) is 5.92 Å². The molecule has 0 fully saturated rings. The zero-order valence-electron chi connectivity index (χ0n) is 35.0. The van der Waals surface area contributed by atoms with E-state index in [-0.39, 0.29) is 0 Å². The summed E-state index contributed by atoms with van der Waals surface area (Å²) in [4.78, 5) is 2.55. The molecule has 8 aromatic rings. The first-order valence-electron chi connectivity index (χ1n) is 21.7. The van der Waals surface area contributed by atoms with Gasteiger partial charge in [-0.05, 0) is 147 Å². The van der Waals surface area contributed by atoms with Crippen LogP contribution in [0.3, 0.4) is 0 Å². The number of hydrogen-bond donors (Lipinski definition) is 0. The monoisotopic (exact) mass is 801 g/mol. The number of anilines is 2. The fourth-order valence-corrected chi connectivity index (χ4v) is 11.8. The van der Waals surface area contributed by atoms with Gasteiger partial charge in [0.05, 0.1) is 10.4 Å². The summed E-state index contributed by atoms with van der Waals surface area (Å²) >= 11 is 1.90. The van der Waals surface area contributed by atoms with E-state index in [1.54, 1.807) is 0 Å². The second-order valence-electron chi connectivity index (χ2n) is 16.7. The average Bonchev–Trinajstić information content (AvgIpc) is 3.97. The molecule has 7 aromatic carbocycles. The summed E-state index contributed by atoms with van der Waals surface area (Å²) in [5, 5.41) is 2.65. The van der Waals surface area contributed by atoms with Crippen molar-refractivity contribution in [3.05, 3.63) is 233 Å². The summed E-state index contributed by atoms with van der Waals surface area (Å²) in [6.07, 6.45) is 11.9. The van der Waals surface area contributed by atoms with Crippen LogP contribution in [-0.4, -0.2) is 0 Å². The maximum atomic E-state index is 4.38. The van der Waals surface area contributed by atoms with Gasteiger partial charge in [-0.25, -0.2) is 0 Å². The van der Waals surface area contributed by atoms with Gasteiger partial charge < -0.3 is 4.90 Å². The van der Waals surface area contributed by atoms with Crippen molar-refractivity contribution >= 4 is 59.6 Å². The standard InChI is InChI=1S/C59H47NS/c1-5-46(37(3)47(6-2)53-21-14-22-54-51-19-11-10-18-48(51)38(4)58(53)54)41-28-32-49-42(34-41)35-43-36-45(31-33-50(43)49)60(44-29-26-40(27-30-44)39-16-8-7-9-17-39)56-24-15-23-55-52-20-12-13-25-57(52)61-59(55)56/h5-26,28-29,31-34,36,38H,2,27,30,35H2,1,3-4H3/b46-5+,47-37+. The fraction of sp³-hybridized carbons (Fsp3) is 0.119. The molecule has 0 aliphatic heterocycles. The molecule has 0 N–H and O–H groups in total. The molecule has 61 heavy (non-hydrogen) atoms. The lowest BCUT2D eigenvalue weighted by Gasteiger charge is -2.31. The Labute approximate surface area is 363 Å². The van der Waals surface area contributed by atoms with Crippen molar-refractivity contribution in [3.63, 3.8) is 0 Å². The first-order valence-corrected chi connectivity index (χ1v) is 22.5. The van der Waals surface area contributed by atoms with Gasteiger partial charge in [-0.15, -0.1) is 11.3 Å². The number of nitrogens with zero attached hydrogens (tertiary/aromatic N) is 1. The number of hydrogen-bond acceptors (Lipinski definition) is 2. The molecular formula is C59H47NS. The highest BCUT2D eigenvalue weighted by Crippen LogP contribution is 2.50. The molecule has 0 amide bonds. The number of rotatable bonds is 8. The predicted octanol–water partition coefficient (Wildman–Crippen LogP) is 16.7. The number of thiophene rings is 1. The quantitative estimate of drug-likeness (QED) is 0.138. The van der Waals surface area contributed by atoms with E-state index in [2.05, 4.69) is 208 Å². The van der Waals surface area contributed by atoms with Crippen LogP contribution in [0.5, 0.6) is 0 Å². The fourth-order valence-electron chi connectivity index (χ4n) is 10.6. The van der Waals surface area contributed by atoms with E-state index in [9.17, 15) is 0 Å². The lowest BCUT2D eigenvalue weighted by molar-refractivity contribution is 0.931. The maximum Gasteiger partial charge on any atom is 0.0637 e. The molecule has 0 spiro atoms. The van der Waals surface area contributed by atoms with Gasteiger partial charge in [0.2, 0.25) is 0 Å². The van der Waals surface area contributed by atoms with Crippen LogP contribution in [0.25, 0.3) is 59.1 Å². The third-order valence-corrected chi connectivity index (χ3v) is 14.7. The Kier molecular flexibility index (Phi) is 9.21. The van der Waals surface area contributed by atoms with Crippen molar-refractivity contribution in [1.82, 2.24) is 0 Å². The molecule has 1 aromatic heterocycles. The van der Waals surface area contributed by atoms with Gasteiger partial charge in [0.15, 0.2) is 0 Å². The molecule has 0 bridgehead atoms. The van der Waals surface area contributed by atoms with Gasteiger partial charge in [0, 0.05) is 32.8 Å². The van der Waals surface area contributed by atoms with Crippen LogP contribution in [0, 0.1) is 0 Å². The Morgan fingerprint density at radius 3 is 2.25 bits per heavy atom. The van der Waals surface area contributed by atoms with Crippen molar-refractivity contribution in [3.8, 4) is 22.3 Å². The van der Waals surface area contributed by atoms with Crippen molar-refractivity contribution in [2.24, 2.45) is 0 Å². The molecule has 0 saturated carbocycles. The minimum atomic E-state index is 0.328. The Morgan fingerprint density at radius 1 is 0.689 bits per heavy atom. The molecular weight excluding hydrogens is 755 g/mol. The number of fused-ring (bicyclic) bond motifs is 9. The average molecular weight is 802 g/mol. The van der Waals surface area contributed by atoms with E-state index in [1.165, 1.54) is 121 Å². The van der Waals surface area contributed by atoms with Crippen LogP contribution in [0.15, 0.2) is 194 Å². The van der Waals surface area contributed by atoms with Crippen LogP contribution in [-0.2, 0) is 6.42 Å². The van der Waals surface area contributed by atoms with Crippen molar-refractivity contribution in [2.75, 3.05) is 4.90 Å². The summed E-state index contributed by atoms with van der Waals surface area (Å²) in [5.74, 6) is 0.328. The summed E-state index contributed by atoms with van der Waals surface area (Å²) in [5.41, 5.74) is 23.7. The molecule has 294 valence electrons. The normalized spacial score (nSPS) is 15.7. The second kappa shape index (κ2) is 15.1. The zero-order valence-corrected chi connectivity index (χ0v) is 35.8. The van der Waals surface area contributed by atoms with E-state index in [0.717, 1.165) is 19.3 Å². The lowest BCUT2D eigenvalue weighted by atomic mass is 9.85. The van der Waals surface area contributed by atoms with Crippen LogP contribution >= 0.6 is 11.3 Å². The highest BCUT2D eigenvalue weighted by atomic mass is 32.1. The highest BCUT2D eigenvalue weighted by Gasteiger charge is 2.29. The van der Waals surface area contributed by atoms with Gasteiger partial charge in [-0.3, -0.25) is 0 Å². The molecule has 3 aliphatic rings. The van der Waals surface area contributed by atoms with Gasteiger partial charge in [0.25, 0.3) is 0 Å². The summed E-state index contributed by atoms with van der Waals surface area (Å²) in [6.45, 7) is 11.2. The van der Waals surface area contributed by atoms with E-state index in [4.69, 9.17) is 0 Å². The van der Waals surface area contributed by atoms with Crippen LogP contribution in [0.2, 0.25) is 0 Å². The molecule has 3 aliphatic carbocycles. The first kappa shape index (κ1) is 37.3. The van der Waals surface area contributed by atoms with E-state index >= 15 is 0 Å². The highest BCUT2D eigenvalue weighted by molar-refractivity contribution is 7.26. The Balaban J connectivity index is 0.964. The van der Waals surface area contributed by atoms with Crippen molar-refractivity contribution in [1.29, 1.82) is 0 Å². The van der Waals surface area contributed by atoms with Crippen LogP contribution in [0.4, 0.5) is 11.4 Å². The summed E-state index contributed by atoms with van der Waals surface area (Å²) < 4.78 is 2.66. The molecule has 1 unspecified atom stereocenters. The summed E-state index contributed by atoms with van der Waals surface area (Å²) in [6, 6.07) is 56.5. The molecule has 0 radical (unpaired) electrons. The Bertz CT molecular complexity index is 3220. The lowest BCUT2D eigenvalue weighted by Crippen LogP contribution is -2.18. The van der Waals surface area contributed by atoms with Crippen molar-refractivity contribution in [2.45, 2.75) is 46.0 Å². The van der Waals surface area contributed by atoms with Gasteiger partial charge in [-0.1, -0.05) is 159 Å². The van der Waals surface area contributed by atoms with Crippen LogP contribution < -0.4 is 4.90 Å². The SMILES string of the molecule is C=C/C(=C(C)\C(=C/C)c1ccc2c(c1)Cc1cc(N(C3=CC=C(c4ccccc4)CC3)c3cccc4c3sc3ccccc34)ccc1-2)c1cccc2c1C(C)c1ccccc1-2. The van der Waals surface area contributed by atoms with Crippen LogP contribution in [0.1, 0.15) is 78.5 Å². The maximum absolute atomic E-state index is 4.38. The van der Waals surface area contributed by atoms with Gasteiger partial charge in [0.1, 0.15) is 0 Å². The molecule has 2 heteroatoms. The zero-order chi connectivity index (χ0) is 41.2. The topological polar surface area (TPSA) is 3.24 Å². The van der Waals surface area contributed by atoms with Crippen molar-refractivity contribution < 1.29 is 0 Å². The molecule has 0 saturated heterocycles. The second-order valence-corrected chi connectivity index (χ2v) is 17.8. The molecule has 1 nitrogen and oxygen atoms in total.